The molecule has 0 spiro atoms. The molecule has 1 aliphatic carbocycles. The van der Waals surface area contributed by atoms with E-state index in [4.69, 9.17) is 33.2 Å². The van der Waals surface area contributed by atoms with Gasteiger partial charge in [0, 0.05) is 12.3 Å². The van der Waals surface area contributed by atoms with Crippen LogP contribution in [0.3, 0.4) is 0 Å². The number of aliphatic hydroxyl groups is 9. The van der Waals surface area contributed by atoms with Crippen LogP contribution in [-0.2, 0) is 23.7 Å². The van der Waals surface area contributed by atoms with E-state index >= 15 is 0 Å². The Morgan fingerprint density at radius 2 is 1.48 bits per heavy atom. The fraction of sp³-hybridized carbons (Fsp3) is 0.690. The molecule has 0 amide bonds. The van der Waals surface area contributed by atoms with Crippen LogP contribution in [0.4, 0.5) is 0 Å². The molecule has 17 nitrogen and oxygen atoms in total. The van der Waals surface area contributed by atoms with Crippen LogP contribution in [0.25, 0.3) is 0 Å². The SMILES string of the molecule is COc1cc(C(=O)O[C@@H]2C[C@](C)(O)[C@H]3[C@H](O[C@@H]4O[C@H](CO)[C@@H](O)[C@H](O)[C@H]4O)OC=C[C@H]32)ccc1OC1O[C@H](CO)[C@@H](O)[C@H](O)[C@H]1O. The van der Waals surface area contributed by atoms with E-state index < -0.39 is 110 Å². The minimum atomic E-state index is -1.70. The van der Waals surface area contributed by atoms with Crippen LogP contribution in [0.5, 0.6) is 11.5 Å². The average Bonchev–Trinajstić information content (AvgIpc) is 3.31. The Hall–Kier alpha value is -2.65. The highest BCUT2D eigenvalue weighted by Crippen LogP contribution is 2.48. The number of hydrogen-bond donors (Lipinski definition) is 9. The third-order valence-electron chi connectivity index (χ3n) is 8.85. The zero-order valence-electron chi connectivity index (χ0n) is 24.9. The Morgan fingerprint density at radius 1 is 0.870 bits per heavy atom. The highest BCUT2D eigenvalue weighted by molar-refractivity contribution is 5.90. The smallest absolute Gasteiger partial charge is 0.338 e. The van der Waals surface area contributed by atoms with Crippen molar-refractivity contribution in [3.63, 3.8) is 0 Å². The Morgan fingerprint density at radius 3 is 2.09 bits per heavy atom. The van der Waals surface area contributed by atoms with Crippen LogP contribution in [0, 0.1) is 11.8 Å². The monoisotopic (exact) mass is 660 g/mol. The van der Waals surface area contributed by atoms with E-state index in [0.717, 1.165) is 0 Å². The van der Waals surface area contributed by atoms with Gasteiger partial charge in [-0.3, -0.25) is 0 Å². The number of aliphatic hydroxyl groups excluding tert-OH is 8. The molecule has 0 radical (unpaired) electrons. The number of methoxy groups -OCH3 is 1. The molecule has 15 atom stereocenters. The number of esters is 1. The minimum absolute atomic E-state index is 0.00721. The van der Waals surface area contributed by atoms with Crippen LogP contribution in [0.2, 0.25) is 0 Å². The summed E-state index contributed by atoms with van der Waals surface area (Å²) < 4.78 is 38.9. The van der Waals surface area contributed by atoms with E-state index in [1.807, 2.05) is 0 Å². The number of rotatable bonds is 9. The molecule has 3 aliphatic heterocycles. The van der Waals surface area contributed by atoms with Crippen LogP contribution in [0.15, 0.2) is 30.5 Å². The number of ether oxygens (including phenoxy) is 7. The average molecular weight is 661 g/mol. The van der Waals surface area contributed by atoms with Gasteiger partial charge in [0.25, 0.3) is 0 Å². The summed E-state index contributed by atoms with van der Waals surface area (Å²) in [6, 6.07) is 3.99. The Labute approximate surface area is 262 Å². The highest BCUT2D eigenvalue weighted by atomic mass is 16.8. The molecule has 258 valence electrons. The number of carbonyl (C=O) groups excluding carboxylic acids is 1. The Balaban J connectivity index is 1.27. The first-order chi connectivity index (χ1) is 21.8. The normalized spacial score (nSPS) is 43.8. The van der Waals surface area contributed by atoms with Gasteiger partial charge in [-0.15, -0.1) is 0 Å². The molecule has 1 saturated carbocycles. The van der Waals surface area contributed by atoms with Gasteiger partial charge in [-0.1, -0.05) is 0 Å². The van der Waals surface area contributed by atoms with Gasteiger partial charge in [-0.05, 0) is 31.2 Å². The first-order valence-corrected chi connectivity index (χ1v) is 14.7. The third kappa shape index (κ3) is 6.55. The minimum Gasteiger partial charge on any atom is -0.493 e. The lowest BCUT2D eigenvalue weighted by Crippen LogP contribution is -2.60. The number of hydrogen-bond acceptors (Lipinski definition) is 17. The van der Waals surface area contributed by atoms with Gasteiger partial charge < -0.3 is 79.1 Å². The lowest BCUT2D eigenvalue weighted by molar-refractivity contribution is -0.346. The van der Waals surface area contributed by atoms with E-state index in [0.29, 0.717) is 0 Å². The molecule has 3 fully saturated rings. The van der Waals surface area contributed by atoms with Crippen LogP contribution < -0.4 is 9.47 Å². The quantitative estimate of drug-likeness (QED) is 0.116. The van der Waals surface area contributed by atoms with Crippen molar-refractivity contribution in [1.29, 1.82) is 0 Å². The maximum atomic E-state index is 13.3. The summed E-state index contributed by atoms with van der Waals surface area (Å²) in [5.74, 6) is -2.22. The molecule has 1 unspecified atom stereocenters. The maximum Gasteiger partial charge on any atom is 0.338 e. The lowest BCUT2D eigenvalue weighted by Gasteiger charge is -2.43. The molecule has 1 aromatic rings. The van der Waals surface area contributed by atoms with Crippen LogP contribution in [-0.4, -0.2) is 152 Å². The van der Waals surface area contributed by atoms with Gasteiger partial charge in [0.15, 0.2) is 17.8 Å². The van der Waals surface area contributed by atoms with Gasteiger partial charge in [0.2, 0.25) is 12.6 Å². The van der Waals surface area contributed by atoms with E-state index in [9.17, 15) is 50.8 Å². The Bertz CT molecular complexity index is 1240. The van der Waals surface area contributed by atoms with Crippen LogP contribution >= 0.6 is 0 Å². The second kappa shape index (κ2) is 13.8. The first-order valence-electron chi connectivity index (χ1n) is 14.7. The molecule has 3 heterocycles. The third-order valence-corrected chi connectivity index (χ3v) is 8.85. The first kappa shape index (κ1) is 34.7. The second-order valence-corrected chi connectivity index (χ2v) is 12.0. The van der Waals surface area contributed by atoms with Crippen molar-refractivity contribution in [2.45, 2.75) is 92.8 Å². The van der Waals surface area contributed by atoms with E-state index in [2.05, 4.69) is 0 Å². The summed E-state index contributed by atoms with van der Waals surface area (Å²) in [5, 5.41) is 91.2. The molecule has 17 heteroatoms. The lowest BCUT2D eigenvalue weighted by atomic mass is 9.85. The van der Waals surface area contributed by atoms with E-state index in [1.54, 1.807) is 6.08 Å². The molecule has 0 bridgehead atoms. The molecule has 4 aliphatic rings. The second-order valence-electron chi connectivity index (χ2n) is 12.0. The van der Waals surface area contributed by atoms with Crippen LogP contribution in [0.1, 0.15) is 23.7 Å². The summed E-state index contributed by atoms with van der Waals surface area (Å²) in [4.78, 5) is 13.3. The molecule has 5 rings (SSSR count). The largest absolute Gasteiger partial charge is 0.493 e. The number of fused-ring (bicyclic) bond motifs is 1. The zero-order chi connectivity index (χ0) is 33.5. The van der Waals surface area contributed by atoms with Gasteiger partial charge in [0.05, 0.1) is 43.7 Å². The fourth-order valence-electron chi connectivity index (χ4n) is 6.28. The Kier molecular flexibility index (Phi) is 10.4. The van der Waals surface area contributed by atoms with Gasteiger partial charge in [0.1, 0.15) is 54.9 Å². The molecule has 0 aromatic heterocycles. The maximum absolute atomic E-state index is 13.3. The van der Waals surface area contributed by atoms with E-state index in [-0.39, 0.29) is 23.5 Å². The van der Waals surface area contributed by atoms with Gasteiger partial charge in [-0.25, -0.2) is 4.79 Å². The predicted molar refractivity (Wildman–Crippen MR) is 148 cm³/mol. The number of benzene rings is 1. The van der Waals surface area contributed by atoms with Crippen molar-refractivity contribution in [1.82, 2.24) is 0 Å². The van der Waals surface area contributed by atoms with Crippen molar-refractivity contribution in [2.24, 2.45) is 11.8 Å². The van der Waals surface area contributed by atoms with Gasteiger partial charge in [-0.2, -0.15) is 0 Å². The summed E-state index contributed by atoms with van der Waals surface area (Å²) in [6.45, 7) is 0.188. The topological polar surface area (TPSA) is 264 Å². The van der Waals surface area contributed by atoms with Crippen molar-refractivity contribution >= 4 is 5.97 Å². The summed E-state index contributed by atoms with van der Waals surface area (Å²) in [5.41, 5.74) is -1.48. The highest BCUT2D eigenvalue weighted by Gasteiger charge is 2.58. The zero-order valence-corrected chi connectivity index (χ0v) is 24.9. The molecule has 1 aromatic carbocycles. The summed E-state index contributed by atoms with van der Waals surface area (Å²) in [7, 11) is 1.30. The molecule has 2 saturated heterocycles. The summed E-state index contributed by atoms with van der Waals surface area (Å²) in [6.07, 6.45) is -14.6. The molecular weight excluding hydrogens is 620 g/mol. The molecular formula is C29H40O17. The molecule has 46 heavy (non-hydrogen) atoms. The standard InChI is InChI=1S/C29H40O17/c1-29(39)8-15(12-5-6-41-26(18(12)29)46-28-24(37)22(35)20(33)17(10-31)45-28)42-25(38)11-3-4-13(14(7-11)40-2)43-27-23(36)21(34)19(32)16(9-30)44-27/h3-7,12,15-24,26-28,30-37,39H,8-10H2,1-2H3/t12-,15+,16+,17+,18+,19+,20+,21-,22-,23+,24+,26-,27?,28-,29-/m0/s1. The molecule has 9 N–H and O–H groups in total. The predicted octanol–water partition coefficient (Wildman–Crippen LogP) is -3.53. The number of carbonyl (C=O) groups is 1. The van der Waals surface area contributed by atoms with Crippen molar-refractivity contribution in [2.75, 3.05) is 20.3 Å². The summed E-state index contributed by atoms with van der Waals surface area (Å²) >= 11 is 0. The van der Waals surface area contributed by atoms with Crippen molar-refractivity contribution < 1.29 is 83.9 Å². The van der Waals surface area contributed by atoms with Crippen molar-refractivity contribution in [3.8, 4) is 11.5 Å². The fourth-order valence-corrected chi connectivity index (χ4v) is 6.28. The van der Waals surface area contributed by atoms with Gasteiger partial charge >= 0.3 is 5.97 Å². The van der Waals surface area contributed by atoms with Crippen molar-refractivity contribution in [3.05, 3.63) is 36.1 Å². The van der Waals surface area contributed by atoms with E-state index in [1.165, 1.54) is 38.5 Å².